The van der Waals surface area contributed by atoms with E-state index in [9.17, 15) is 0 Å². The van der Waals surface area contributed by atoms with Crippen molar-refractivity contribution in [2.45, 2.75) is 0 Å². The molecule has 0 aliphatic carbocycles. The Labute approximate surface area is 171 Å². The molecule has 4 rings (SSSR count). The highest BCUT2D eigenvalue weighted by atomic mass is 79.9. The molecule has 0 aliphatic rings. The molecule has 0 amide bonds. The van der Waals surface area contributed by atoms with Crippen molar-refractivity contribution >= 4 is 28.1 Å². The van der Waals surface area contributed by atoms with Crippen molar-refractivity contribution in [1.29, 1.82) is 0 Å². The van der Waals surface area contributed by atoms with Gasteiger partial charge in [-0.25, -0.2) is 10.4 Å². The Morgan fingerprint density at radius 2 is 1.43 bits per heavy atom. The average molecular weight is 430 g/mol. The molecule has 0 atom stereocenters. The summed E-state index contributed by atoms with van der Waals surface area (Å²) in [6.07, 6.45) is 1.71. The number of nitrogens with one attached hydrogen (secondary N) is 1. The molecule has 1 aromatic heterocycles. The van der Waals surface area contributed by atoms with Crippen LogP contribution in [0.1, 0.15) is 5.56 Å². The molecule has 6 heteroatoms. The van der Waals surface area contributed by atoms with E-state index >= 15 is 0 Å². The number of nitrogens with zero attached hydrogens (tertiary/aromatic N) is 4. The molecule has 136 valence electrons. The van der Waals surface area contributed by atoms with Gasteiger partial charge in [0.2, 0.25) is 0 Å². The summed E-state index contributed by atoms with van der Waals surface area (Å²) >= 11 is 3.45. The van der Waals surface area contributed by atoms with Gasteiger partial charge in [0.05, 0.1) is 6.21 Å². The minimum Gasteiger partial charge on any atom is -0.244 e. The largest absolute Gasteiger partial charge is 0.263 e. The van der Waals surface area contributed by atoms with Crippen LogP contribution in [0.25, 0.3) is 22.5 Å². The van der Waals surface area contributed by atoms with Crippen LogP contribution in [0.15, 0.2) is 94.5 Å². The smallest absolute Gasteiger partial charge is 0.244 e. The number of hydrogen-bond acceptors (Lipinski definition) is 5. The van der Waals surface area contributed by atoms with Crippen molar-refractivity contribution in [3.63, 3.8) is 0 Å². The van der Waals surface area contributed by atoms with Gasteiger partial charge in [0, 0.05) is 15.6 Å². The van der Waals surface area contributed by atoms with Crippen LogP contribution in [-0.2, 0) is 0 Å². The number of hydrogen-bond donors (Lipinski definition) is 1. The fourth-order valence-electron chi connectivity index (χ4n) is 2.71. The number of benzene rings is 3. The first-order valence-electron chi connectivity index (χ1n) is 8.70. The highest BCUT2D eigenvalue weighted by molar-refractivity contribution is 9.10. The van der Waals surface area contributed by atoms with Gasteiger partial charge in [-0.3, -0.25) is 0 Å². The van der Waals surface area contributed by atoms with Gasteiger partial charge in [0.1, 0.15) is 11.4 Å². The molecule has 0 saturated carbocycles. The van der Waals surface area contributed by atoms with Crippen molar-refractivity contribution in [3.05, 3.63) is 95.0 Å². The van der Waals surface area contributed by atoms with Crippen molar-refractivity contribution in [3.8, 4) is 22.5 Å². The molecule has 3 aromatic carbocycles. The Morgan fingerprint density at radius 1 is 0.750 bits per heavy atom. The zero-order chi connectivity index (χ0) is 19.2. The molecule has 5 nitrogen and oxygen atoms in total. The second kappa shape index (κ2) is 8.54. The summed E-state index contributed by atoms with van der Waals surface area (Å²) in [5, 5.41) is 12.8. The molecule has 1 N–H and O–H groups in total. The SMILES string of the molecule is Brc1cccc(C=NNc2nnc(-c3ccccc3)c(-c3ccccc3)n2)c1. The van der Waals surface area contributed by atoms with E-state index in [2.05, 4.69) is 41.6 Å². The minimum atomic E-state index is 0.338. The highest BCUT2D eigenvalue weighted by Crippen LogP contribution is 2.28. The Morgan fingerprint density at radius 3 is 2.11 bits per heavy atom. The van der Waals surface area contributed by atoms with Crippen LogP contribution in [0.2, 0.25) is 0 Å². The third-order valence-corrected chi connectivity index (χ3v) is 4.50. The van der Waals surface area contributed by atoms with Gasteiger partial charge in [0.25, 0.3) is 5.95 Å². The van der Waals surface area contributed by atoms with Gasteiger partial charge in [-0.05, 0) is 17.7 Å². The van der Waals surface area contributed by atoms with Gasteiger partial charge >= 0.3 is 0 Å². The fraction of sp³-hybridized carbons (Fsp3) is 0. The van der Waals surface area contributed by atoms with Gasteiger partial charge in [-0.1, -0.05) is 88.7 Å². The average Bonchev–Trinajstić information content (AvgIpc) is 2.75. The second-order valence-corrected chi connectivity index (χ2v) is 6.91. The number of aromatic nitrogens is 3. The molecule has 0 bridgehead atoms. The Hall–Kier alpha value is -3.38. The Kier molecular flexibility index (Phi) is 5.49. The van der Waals surface area contributed by atoms with E-state index in [1.54, 1.807) is 6.21 Å². The molecule has 4 aromatic rings. The lowest BCUT2D eigenvalue weighted by Gasteiger charge is -2.09. The van der Waals surface area contributed by atoms with Crippen LogP contribution in [0.5, 0.6) is 0 Å². The van der Waals surface area contributed by atoms with E-state index in [1.165, 1.54) is 0 Å². The molecule has 0 saturated heterocycles. The maximum atomic E-state index is 4.66. The summed E-state index contributed by atoms with van der Waals surface area (Å²) in [4.78, 5) is 4.66. The summed E-state index contributed by atoms with van der Waals surface area (Å²) in [6.45, 7) is 0. The highest BCUT2D eigenvalue weighted by Gasteiger charge is 2.13. The summed E-state index contributed by atoms with van der Waals surface area (Å²) in [6, 6.07) is 27.7. The number of rotatable bonds is 5. The summed E-state index contributed by atoms with van der Waals surface area (Å²) in [5.74, 6) is 0.338. The predicted molar refractivity (Wildman–Crippen MR) is 116 cm³/mol. The van der Waals surface area contributed by atoms with E-state index in [0.29, 0.717) is 5.95 Å². The van der Waals surface area contributed by atoms with Gasteiger partial charge < -0.3 is 0 Å². The van der Waals surface area contributed by atoms with E-state index in [0.717, 1.165) is 32.6 Å². The van der Waals surface area contributed by atoms with Crippen LogP contribution in [0.3, 0.4) is 0 Å². The Bertz CT molecular complexity index is 1100. The van der Waals surface area contributed by atoms with E-state index < -0.39 is 0 Å². The summed E-state index contributed by atoms with van der Waals surface area (Å²) in [5.41, 5.74) is 7.24. The van der Waals surface area contributed by atoms with Crippen molar-refractivity contribution in [2.75, 3.05) is 5.43 Å². The van der Waals surface area contributed by atoms with Gasteiger partial charge in [-0.15, -0.1) is 10.2 Å². The molecule has 1 heterocycles. The Balaban J connectivity index is 1.66. The first-order chi connectivity index (χ1) is 13.8. The van der Waals surface area contributed by atoms with E-state index in [1.807, 2.05) is 84.9 Å². The first kappa shape index (κ1) is 18.0. The lowest BCUT2D eigenvalue weighted by Crippen LogP contribution is -2.03. The van der Waals surface area contributed by atoms with Crippen molar-refractivity contribution < 1.29 is 0 Å². The monoisotopic (exact) mass is 429 g/mol. The lowest BCUT2D eigenvalue weighted by atomic mass is 10.0. The molecule has 28 heavy (non-hydrogen) atoms. The minimum absolute atomic E-state index is 0.338. The van der Waals surface area contributed by atoms with Crippen molar-refractivity contribution in [1.82, 2.24) is 15.2 Å². The number of halogens is 1. The van der Waals surface area contributed by atoms with Crippen LogP contribution in [-0.4, -0.2) is 21.4 Å². The molecule has 0 aliphatic heterocycles. The third-order valence-electron chi connectivity index (χ3n) is 4.01. The van der Waals surface area contributed by atoms with E-state index in [4.69, 9.17) is 0 Å². The van der Waals surface area contributed by atoms with Gasteiger partial charge in [-0.2, -0.15) is 5.10 Å². The molecule has 0 spiro atoms. The molecular weight excluding hydrogens is 414 g/mol. The normalized spacial score (nSPS) is 10.9. The van der Waals surface area contributed by atoms with Crippen LogP contribution >= 0.6 is 15.9 Å². The van der Waals surface area contributed by atoms with Crippen LogP contribution in [0.4, 0.5) is 5.95 Å². The molecule has 0 radical (unpaired) electrons. The first-order valence-corrected chi connectivity index (χ1v) is 9.49. The summed E-state index contributed by atoms with van der Waals surface area (Å²) < 4.78 is 0.993. The van der Waals surface area contributed by atoms with E-state index in [-0.39, 0.29) is 0 Å². The van der Waals surface area contributed by atoms with Gasteiger partial charge in [0.15, 0.2) is 0 Å². The standard InChI is InChI=1S/C22H16BrN5/c23-19-13-7-8-16(14-19)15-24-27-22-25-20(17-9-3-1-4-10-17)21(26-28-22)18-11-5-2-6-12-18/h1-15H,(H,25,27,28). The van der Waals surface area contributed by atoms with Crippen LogP contribution < -0.4 is 5.43 Å². The number of anilines is 1. The molecule has 0 fully saturated rings. The maximum absolute atomic E-state index is 4.66. The van der Waals surface area contributed by atoms with Crippen molar-refractivity contribution in [2.24, 2.45) is 5.10 Å². The maximum Gasteiger partial charge on any atom is 0.263 e. The summed E-state index contributed by atoms with van der Waals surface area (Å²) in [7, 11) is 0. The number of hydrazone groups is 1. The lowest BCUT2D eigenvalue weighted by molar-refractivity contribution is 0.973. The topological polar surface area (TPSA) is 63.1 Å². The second-order valence-electron chi connectivity index (χ2n) is 5.99. The molecular formula is C22H16BrN5. The zero-order valence-electron chi connectivity index (χ0n) is 14.8. The molecule has 0 unspecified atom stereocenters. The quantitative estimate of drug-likeness (QED) is 0.340. The predicted octanol–water partition coefficient (Wildman–Crippen LogP) is 5.41. The van der Waals surface area contributed by atoms with Crippen LogP contribution in [0, 0.1) is 0 Å². The zero-order valence-corrected chi connectivity index (χ0v) is 16.4. The fourth-order valence-corrected chi connectivity index (χ4v) is 3.13. The third kappa shape index (κ3) is 4.29.